The third kappa shape index (κ3) is 9.59. The molecule has 0 bridgehead atoms. The molecule has 0 fully saturated rings. The second-order valence-electron chi connectivity index (χ2n) is 12.3. The number of methoxy groups -OCH3 is 1. The van der Waals surface area contributed by atoms with E-state index in [9.17, 15) is 14.7 Å². The lowest BCUT2D eigenvalue weighted by molar-refractivity contribution is -0.134. The molecule has 3 atom stereocenters. The zero-order valence-electron chi connectivity index (χ0n) is 27.5. The molecule has 4 aromatic rings. The maximum atomic E-state index is 13.1. The lowest BCUT2D eigenvalue weighted by atomic mass is 10.1. The normalized spacial score (nSPS) is 13.9. The Balaban J connectivity index is 1.66. The first-order valence-electron chi connectivity index (χ1n) is 15.7. The summed E-state index contributed by atoms with van der Waals surface area (Å²) in [6.07, 6.45) is -0.118. The number of ether oxygens (including phenoxy) is 3. The molecule has 4 rings (SSSR count). The topological polar surface area (TPSA) is 91.3 Å². The quantitative estimate of drug-likeness (QED) is 0.0979. The largest absolute Gasteiger partial charge is 0.466 e. The average Bonchev–Trinajstić information content (AvgIpc) is 3.10. The van der Waals surface area contributed by atoms with E-state index in [4.69, 9.17) is 18.6 Å². The molecule has 0 spiro atoms. The van der Waals surface area contributed by atoms with Crippen molar-refractivity contribution < 1.29 is 33.3 Å². The molecule has 0 amide bonds. The lowest BCUT2D eigenvalue weighted by Gasteiger charge is -2.43. The summed E-state index contributed by atoms with van der Waals surface area (Å²) in [4.78, 5) is 25.1. The molecule has 0 aliphatic carbocycles. The van der Waals surface area contributed by atoms with Crippen LogP contribution in [0.15, 0.2) is 133 Å². The van der Waals surface area contributed by atoms with Crippen LogP contribution < -0.4 is 10.4 Å². The minimum Gasteiger partial charge on any atom is -0.466 e. The van der Waals surface area contributed by atoms with Gasteiger partial charge < -0.3 is 23.7 Å². The van der Waals surface area contributed by atoms with Crippen molar-refractivity contribution in [3.8, 4) is 0 Å². The van der Waals surface area contributed by atoms with E-state index in [2.05, 4.69) is 45.0 Å². The zero-order chi connectivity index (χ0) is 33.7. The van der Waals surface area contributed by atoms with Gasteiger partial charge in [0.15, 0.2) is 0 Å². The van der Waals surface area contributed by atoms with Gasteiger partial charge in [0.2, 0.25) is 0 Å². The first kappa shape index (κ1) is 35.5. The van der Waals surface area contributed by atoms with Crippen molar-refractivity contribution in [1.82, 2.24) is 0 Å². The zero-order valence-corrected chi connectivity index (χ0v) is 28.5. The third-order valence-corrected chi connectivity index (χ3v) is 13.0. The van der Waals surface area contributed by atoms with Gasteiger partial charge in [-0.3, -0.25) is 0 Å². The molecule has 0 aliphatic heterocycles. The molecule has 1 N–H and O–H groups in total. The van der Waals surface area contributed by atoms with Gasteiger partial charge in [-0.2, -0.15) is 0 Å². The van der Waals surface area contributed by atoms with Crippen LogP contribution in [-0.2, 0) is 30.0 Å². The Morgan fingerprint density at radius 1 is 0.787 bits per heavy atom. The van der Waals surface area contributed by atoms with Crippen LogP contribution in [0.5, 0.6) is 0 Å². The van der Waals surface area contributed by atoms with E-state index in [1.807, 2.05) is 66.7 Å². The van der Waals surface area contributed by atoms with E-state index in [0.717, 1.165) is 15.9 Å². The van der Waals surface area contributed by atoms with Crippen LogP contribution in [0.4, 0.5) is 0 Å². The monoisotopic (exact) mass is 652 g/mol. The van der Waals surface area contributed by atoms with Crippen molar-refractivity contribution in [2.75, 3.05) is 13.7 Å². The van der Waals surface area contributed by atoms with Crippen LogP contribution in [-0.4, -0.2) is 57.4 Å². The Bertz CT molecular complexity index is 1520. The highest BCUT2D eigenvalue weighted by atomic mass is 28.4. The number of benzene rings is 4. The van der Waals surface area contributed by atoms with E-state index in [1.165, 1.54) is 19.3 Å². The lowest BCUT2D eigenvalue weighted by Crippen LogP contribution is -2.67. The van der Waals surface area contributed by atoms with Crippen LogP contribution in [0.1, 0.15) is 43.1 Å². The summed E-state index contributed by atoms with van der Waals surface area (Å²) >= 11 is 0. The average molecular weight is 653 g/mol. The van der Waals surface area contributed by atoms with E-state index in [0.29, 0.717) is 5.56 Å². The van der Waals surface area contributed by atoms with E-state index in [1.54, 1.807) is 30.3 Å². The molecule has 0 aliphatic rings. The molecule has 8 heteroatoms. The van der Waals surface area contributed by atoms with Crippen molar-refractivity contribution in [3.63, 3.8) is 0 Å². The summed E-state index contributed by atoms with van der Waals surface area (Å²) < 4.78 is 24.0. The summed E-state index contributed by atoms with van der Waals surface area (Å²) in [7, 11) is -1.69. The number of carbonyl (C=O) groups is 2. The molecule has 47 heavy (non-hydrogen) atoms. The molecule has 0 saturated heterocycles. The van der Waals surface area contributed by atoms with Crippen LogP contribution in [0.2, 0.25) is 5.04 Å². The Kier molecular flexibility index (Phi) is 12.8. The molecular weight excluding hydrogens is 609 g/mol. The van der Waals surface area contributed by atoms with Crippen LogP contribution in [0.25, 0.3) is 0 Å². The van der Waals surface area contributed by atoms with Crippen LogP contribution in [0.3, 0.4) is 0 Å². The molecular formula is C39H44O7Si. The first-order valence-corrected chi connectivity index (χ1v) is 17.7. The number of aliphatic hydroxyl groups excluding tert-OH is 1. The highest BCUT2D eigenvalue weighted by molar-refractivity contribution is 6.99. The summed E-state index contributed by atoms with van der Waals surface area (Å²) in [6.45, 7) is 6.69. The van der Waals surface area contributed by atoms with Crippen molar-refractivity contribution >= 4 is 30.6 Å². The Labute approximate surface area is 278 Å². The van der Waals surface area contributed by atoms with Gasteiger partial charge in [-0.1, -0.05) is 130 Å². The molecule has 0 radical (unpaired) electrons. The Morgan fingerprint density at radius 2 is 1.30 bits per heavy atom. The minimum atomic E-state index is -2.97. The van der Waals surface area contributed by atoms with Crippen LogP contribution in [0, 0.1) is 0 Å². The van der Waals surface area contributed by atoms with Gasteiger partial charge in [-0.15, -0.1) is 0 Å². The number of hydrogen-bond acceptors (Lipinski definition) is 7. The van der Waals surface area contributed by atoms with Crippen molar-refractivity contribution in [3.05, 3.63) is 145 Å². The van der Waals surface area contributed by atoms with Gasteiger partial charge in [0, 0.05) is 12.5 Å². The fraction of sp³-hybridized carbons (Fsp3) is 0.282. The smallest absolute Gasteiger partial charge is 0.338 e. The van der Waals surface area contributed by atoms with Crippen LogP contribution >= 0.6 is 0 Å². The molecule has 7 nitrogen and oxygen atoms in total. The van der Waals surface area contributed by atoms with Gasteiger partial charge in [0.05, 0.1) is 32.0 Å². The second-order valence-corrected chi connectivity index (χ2v) is 16.6. The van der Waals surface area contributed by atoms with E-state index < -0.39 is 38.6 Å². The van der Waals surface area contributed by atoms with Crippen molar-refractivity contribution in [2.24, 2.45) is 0 Å². The molecule has 4 aromatic carbocycles. The van der Waals surface area contributed by atoms with Gasteiger partial charge in [0.1, 0.15) is 12.2 Å². The number of esters is 2. The number of hydrogen-bond donors (Lipinski definition) is 1. The Morgan fingerprint density at radius 3 is 1.81 bits per heavy atom. The molecule has 0 heterocycles. The van der Waals surface area contributed by atoms with Gasteiger partial charge in [0.25, 0.3) is 8.32 Å². The van der Waals surface area contributed by atoms with Crippen molar-refractivity contribution in [1.29, 1.82) is 0 Å². The Hall–Kier alpha value is -4.34. The summed E-state index contributed by atoms with van der Waals surface area (Å²) in [5.74, 6) is -1.16. The summed E-state index contributed by atoms with van der Waals surface area (Å²) in [6, 6.07) is 38.6. The van der Waals surface area contributed by atoms with E-state index >= 15 is 0 Å². The van der Waals surface area contributed by atoms with Gasteiger partial charge >= 0.3 is 11.9 Å². The maximum absolute atomic E-state index is 13.1. The number of carbonyl (C=O) groups excluding carboxylic acids is 2. The first-order chi connectivity index (χ1) is 22.6. The number of aliphatic hydroxyl groups is 1. The predicted octanol–water partition coefficient (Wildman–Crippen LogP) is 5.85. The van der Waals surface area contributed by atoms with Gasteiger partial charge in [-0.25, -0.2) is 9.59 Å². The highest BCUT2D eigenvalue weighted by Crippen LogP contribution is 2.37. The summed E-state index contributed by atoms with van der Waals surface area (Å²) in [5.41, 5.74) is 1.28. The van der Waals surface area contributed by atoms with Crippen molar-refractivity contribution in [2.45, 2.75) is 57.1 Å². The maximum Gasteiger partial charge on any atom is 0.338 e. The number of rotatable bonds is 15. The third-order valence-electron chi connectivity index (χ3n) is 8.00. The minimum absolute atomic E-state index is 0.0349. The SMILES string of the molecule is COC(=O)/C=C/[C@H](C[C@@H](OCc1ccccc1)[C@@H](O)CO[Si](c1ccccc1)(c1ccccc1)C(C)(C)C)OC(=O)c1ccccc1. The summed E-state index contributed by atoms with van der Waals surface area (Å²) in [5, 5.41) is 13.7. The van der Waals surface area contributed by atoms with Gasteiger partial charge in [-0.05, 0) is 39.2 Å². The molecule has 0 saturated carbocycles. The standard InChI is InChI=1S/C39H44O7Si/c1-39(2,3)47(33-21-13-7-14-22-33,34-23-15-8-16-24-34)45-29-35(40)36(44-28-30-17-9-5-10-18-30)27-32(25-26-37(41)43-4)46-38(42)31-19-11-6-12-20-31/h5-26,32,35-36,40H,27-29H2,1-4H3/b26-25+/t32-,35+,36-/m1/s1. The predicted molar refractivity (Wildman–Crippen MR) is 186 cm³/mol. The molecule has 246 valence electrons. The second kappa shape index (κ2) is 17.0. The fourth-order valence-electron chi connectivity index (χ4n) is 5.62. The highest BCUT2D eigenvalue weighted by Gasteiger charge is 2.50. The molecule has 0 unspecified atom stereocenters. The fourth-order valence-corrected chi connectivity index (χ4v) is 10.2. The molecule has 0 aromatic heterocycles. The van der Waals surface area contributed by atoms with E-state index in [-0.39, 0.29) is 24.7 Å².